The minimum Gasteiger partial charge on any atom is -0.489 e. The molecule has 0 atom stereocenters. The second kappa shape index (κ2) is 9.75. The molecule has 4 saturated carbocycles. The zero-order valence-corrected chi connectivity index (χ0v) is 22.5. The third-order valence-electron chi connectivity index (χ3n) is 8.44. The maximum absolute atomic E-state index is 13.3. The lowest BCUT2D eigenvalue weighted by molar-refractivity contribution is -0.154. The second-order valence-electron chi connectivity index (χ2n) is 12.2. The Morgan fingerprint density at radius 3 is 2.08 bits per heavy atom. The van der Waals surface area contributed by atoms with Crippen molar-refractivity contribution in [1.82, 2.24) is 0 Å². The molecule has 8 heteroatoms. The van der Waals surface area contributed by atoms with Gasteiger partial charge >= 0.3 is 5.97 Å². The van der Waals surface area contributed by atoms with Crippen molar-refractivity contribution < 1.29 is 32.2 Å². The molecule has 1 aromatic carbocycles. The summed E-state index contributed by atoms with van der Waals surface area (Å²) in [4.78, 5) is 12.1. The van der Waals surface area contributed by atoms with Crippen molar-refractivity contribution >= 4 is 15.8 Å². The van der Waals surface area contributed by atoms with Gasteiger partial charge < -0.3 is 14.6 Å². The number of ether oxygens (including phenoxy) is 2. The summed E-state index contributed by atoms with van der Waals surface area (Å²) < 4.78 is 50.6. The molecule has 1 aromatic rings. The Bertz CT molecular complexity index is 1070. The van der Waals surface area contributed by atoms with E-state index in [0.29, 0.717) is 17.7 Å². The van der Waals surface area contributed by atoms with Gasteiger partial charge in [-0.3, -0.25) is 4.79 Å². The average Bonchev–Trinajstić information content (AvgIpc) is 3.58. The molecule has 0 heterocycles. The number of benzene rings is 1. The molecule has 0 radical (unpaired) electrons. The van der Waals surface area contributed by atoms with E-state index in [9.17, 15) is 22.7 Å². The van der Waals surface area contributed by atoms with E-state index in [1.165, 1.54) is 0 Å². The first-order valence-electron chi connectivity index (χ1n) is 13.0. The number of carbonyl (C=O) groups is 1. The number of esters is 1. The zero-order valence-electron chi connectivity index (χ0n) is 21.6. The molecule has 0 aliphatic heterocycles. The second-order valence-corrected chi connectivity index (χ2v) is 14.2. The summed E-state index contributed by atoms with van der Waals surface area (Å²) in [6.45, 7) is 5.29. The van der Waals surface area contributed by atoms with Crippen molar-refractivity contribution in [2.24, 2.45) is 10.8 Å². The van der Waals surface area contributed by atoms with Crippen molar-refractivity contribution in [3.8, 4) is 5.75 Å². The maximum Gasteiger partial charge on any atom is 0.306 e. The summed E-state index contributed by atoms with van der Waals surface area (Å²) in [7, 11) is -3.47. The topological polar surface area (TPSA) is 89.9 Å². The van der Waals surface area contributed by atoms with Crippen LogP contribution in [0, 0.1) is 10.8 Å². The molecular weight excluding hydrogens is 483 g/mol. The molecule has 4 aliphatic rings. The van der Waals surface area contributed by atoms with Gasteiger partial charge in [0.1, 0.15) is 18.0 Å². The molecule has 5 rings (SSSR count). The number of carbonyl (C=O) groups excluding carboxylic acids is 1. The molecule has 6 nitrogen and oxygen atoms in total. The fourth-order valence-corrected chi connectivity index (χ4v) is 8.00. The number of rotatable bonds is 10. The Morgan fingerprint density at radius 1 is 1.00 bits per heavy atom. The summed E-state index contributed by atoms with van der Waals surface area (Å²) >= 11 is 0. The first kappa shape index (κ1) is 27.1. The van der Waals surface area contributed by atoms with Crippen LogP contribution >= 0.6 is 0 Å². The van der Waals surface area contributed by atoms with Gasteiger partial charge in [-0.1, -0.05) is 0 Å². The lowest BCUT2D eigenvalue weighted by atomic mass is 9.52. The Hall–Kier alpha value is -1.93. The highest BCUT2D eigenvalue weighted by Gasteiger charge is 2.63. The van der Waals surface area contributed by atoms with Gasteiger partial charge in [0, 0.05) is 6.42 Å². The molecule has 200 valence electrons. The Balaban J connectivity index is 1.29. The van der Waals surface area contributed by atoms with Gasteiger partial charge in [0.2, 0.25) is 0 Å². The monoisotopic (exact) mass is 522 g/mol. The number of hydrogen-bond donors (Lipinski definition) is 1. The van der Waals surface area contributed by atoms with Gasteiger partial charge in [0.15, 0.2) is 9.84 Å². The molecular formula is C28H39FO6S. The van der Waals surface area contributed by atoms with Crippen LogP contribution in [0.4, 0.5) is 4.39 Å². The molecule has 36 heavy (non-hydrogen) atoms. The molecule has 0 saturated heterocycles. The Labute approximate surface area is 214 Å². The highest BCUT2D eigenvalue weighted by molar-refractivity contribution is 7.91. The molecule has 4 fully saturated rings. The fourth-order valence-electron chi connectivity index (χ4n) is 6.05. The minimum atomic E-state index is -3.47. The van der Waals surface area contributed by atoms with E-state index < -0.39 is 27.0 Å². The lowest BCUT2D eigenvalue weighted by Crippen LogP contribution is -2.51. The molecule has 0 aromatic heterocycles. The average molecular weight is 523 g/mol. The molecule has 2 bridgehead atoms. The first-order chi connectivity index (χ1) is 16.8. The van der Waals surface area contributed by atoms with Gasteiger partial charge in [-0.2, -0.15) is 0 Å². The van der Waals surface area contributed by atoms with Crippen LogP contribution in [0.15, 0.2) is 41.1 Å². The maximum atomic E-state index is 13.3. The van der Waals surface area contributed by atoms with Crippen LogP contribution in [0.3, 0.4) is 0 Å². The van der Waals surface area contributed by atoms with Crippen LogP contribution in [0.1, 0.15) is 85.0 Å². The van der Waals surface area contributed by atoms with Crippen molar-refractivity contribution in [3.05, 3.63) is 36.2 Å². The Kier molecular flexibility index (Phi) is 7.34. The largest absolute Gasteiger partial charge is 0.489 e. The number of sulfone groups is 1. The van der Waals surface area contributed by atoms with Crippen molar-refractivity contribution in [2.75, 3.05) is 12.4 Å². The van der Waals surface area contributed by atoms with Crippen molar-refractivity contribution in [1.29, 1.82) is 0 Å². The van der Waals surface area contributed by atoms with E-state index in [1.807, 2.05) is 0 Å². The molecule has 1 N–H and O–H groups in total. The lowest BCUT2D eigenvalue weighted by Gasteiger charge is -2.55. The number of halogens is 1. The van der Waals surface area contributed by atoms with Crippen LogP contribution in [0.2, 0.25) is 0 Å². The predicted molar refractivity (Wildman–Crippen MR) is 135 cm³/mol. The third-order valence-corrected chi connectivity index (χ3v) is 10.4. The van der Waals surface area contributed by atoms with Gasteiger partial charge in [0.05, 0.1) is 22.6 Å². The van der Waals surface area contributed by atoms with Crippen LogP contribution in [0.25, 0.3) is 0 Å². The highest BCUT2D eigenvalue weighted by atomic mass is 32.2. The van der Waals surface area contributed by atoms with Gasteiger partial charge in [-0.15, -0.1) is 0 Å². The Morgan fingerprint density at radius 2 is 1.58 bits per heavy atom. The molecule has 0 amide bonds. The van der Waals surface area contributed by atoms with E-state index in [0.717, 1.165) is 51.4 Å². The van der Waals surface area contributed by atoms with Gasteiger partial charge in [-0.05, 0) is 119 Å². The van der Waals surface area contributed by atoms with Crippen LogP contribution < -0.4 is 4.74 Å². The van der Waals surface area contributed by atoms with Crippen LogP contribution in [-0.2, 0) is 19.4 Å². The van der Waals surface area contributed by atoms with Crippen molar-refractivity contribution in [3.63, 3.8) is 0 Å². The van der Waals surface area contributed by atoms with E-state index >= 15 is 0 Å². The fraction of sp³-hybridized carbons (Fsp3) is 0.679. The van der Waals surface area contributed by atoms with Crippen LogP contribution in [-0.4, -0.2) is 43.1 Å². The number of hydrogen-bond acceptors (Lipinski definition) is 6. The summed E-state index contributed by atoms with van der Waals surface area (Å²) in [5, 5.41) is 10.8. The standard InChI is InChI=1S/C28H39FO6S/c1-25(2,3)35-24(30)9-4-21(18-29)19-34-22-5-7-23(8-6-22)36(32,33)20-26-10-13-27(14-11-26,15-12-26)28(31)16-17-28/h5-8,18,31H,4,9-17,19-20H2,1-3H3/b21-18+. The van der Waals surface area contributed by atoms with E-state index in [4.69, 9.17) is 9.47 Å². The summed E-state index contributed by atoms with van der Waals surface area (Å²) in [6.07, 6.45) is 7.78. The van der Waals surface area contributed by atoms with E-state index in [-0.39, 0.29) is 40.9 Å². The molecule has 0 spiro atoms. The first-order valence-corrected chi connectivity index (χ1v) is 14.6. The third kappa shape index (κ3) is 5.96. The summed E-state index contributed by atoms with van der Waals surface area (Å²) in [5.41, 5.74) is -0.959. The summed E-state index contributed by atoms with van der Waals surface area (Å²) in [6, 6.07) is 6.26. The molecule has 0 unspecified atom stereocenters. The molecule has 4 aliphatic carbocycles. The number of fused-ring (bicyclic) bond motifs is 3. The highest BCUT2D eigenvalue weighted by Crippen LogP contribution is 2.67. The summed E-state index contributed by atoms with van der Waals surface area (Å²) in [5.74, 6) is 0.163. The predicted octanol–water partition coefficient (Wildman–Crippen LogP) is 5.68. The normalized spacial score (nSPS) is 27.5. The van der Waals surface area contributed by atoms with Gasteiger partial charge in [-0.25, -0.2) is 12.8 Å². The smallest absolute Gasteiger partial charge is 0.306 e. The van der Waals surface area contributed by atoms with Crippen molar-refractivity contribution in [2.45, 2.75) is 101 Å². The van der Waals surface area contributed by atoms with E-state index in [1.54, 1.807) is 45.0 Å². The van der Waals surface area contributed by atoms with Crippen LogP contribution in [0.5, 0.6) is 5.75 Å². The minimum absolute atomic E-state index is 0.0112. The SMILES string of the molecule is CC(C)(C)OC(=O)CC/C(=C\F)COc1ccc(S(=O)(=O)CC23CCC(C4(O)CC4)(CC2)CC3)cc1. The van der Waals surface area contributed by atoms with Gasteiger partial charge in [0.25, 0.3) is 0 Å². The zero-order chi connectivity index (χ0) is 26.2. The number of aliphatic hydroxyl groups is 1. The quantitative estimate of drug-likeness (QED) is 0.398. The van der Waals surface area contributed by atoms with E-state index in [2.05, 4.69) is 0 Å².